The largest absolute Gasteiger partial charge is 0.332 e. The molecule has 1 atom stereocenters. The standard InChI is InChI=1S/C25H38N4O2/c30-24-20-14-16-28(19-11-5-2-6-12-19)17-21(20)26-23(27-24)22-13-7-8-15-29(22)25(31)18-9-3-1-4-10-18/h18-19,22H,1-17H2,(H,26,27,30). The Bertz CT molecular complexity index is 838. The van der Waals surface area contributed by atoms with E-state index in [1.165, 1.54) is 51.4 Å². The van der Waals surface area contributed by atoms with Gasteiger partial charge in [0, 0.05) is 37.2 Å². The average molecular weight is 427 g/mol. The molecule has 0 aromatic carbocycles. The molecule has 31 heavy (non-hydrogen) atoms. The van der Waals surface area contributed by atoms with E-state index in [1.54, 1.807) is 0 Å². The van der Waals surface area contributed by atoms with Gasteiger partial charge in [0.25, 0.3) is 5.56 Å². The molecule has 3 fully saturated rings. The van der Waals surface area contributed by atoms with Crippen molar-refractivity contribution in [3.63, 3.8) is 0 Å². The van der Waals surface area contributed by atoms with Crippen molar-refractivity contribution in [3.05, 3.63) is 27.4 Å². The van der Waals surface area contributed by atoms with Gasteiger partial charge in [-0.05, 0) is 51.4 Å². The summed E-state index contributed by atoms with van der Waals surface area (Å²) in [5.74, 6) is 1.20. The van der Waals surface area contributed by atoms with Crippen molar-refractivity contribution in [2.24, 2.45) is 5.92 Å². The number of piperidine rings is 1. The van der Waals surface area contributed by atoms with E-state index in [-0.39, 0.29) is 17.5 Å². The molecule has 2 aliphatic heterocycles. The van der Waals surface area contributed by atoms with E-state index in [0.29, 0.717) is 11.9 Å². The first-order valence-corrected chi connectivity index (χ1v) is 12.9. The molecular formula is C25H38N4O2. The summed E-state index contributed by atoms with van der Waals surface area (Å²) in [6, 6.07) is 0.580. The van der Waals surface area contributed by atoms with Crippen LogP contribution in [0.5, 0.6) is 0 Å². The lowest BCUT2D eigenvalue weighted by Crippen LogP contribution is -2.45. The second-order valence-electron chi connectivity index (χ2n) is 10.3. The minimum Gasteiger partial charge on any atom is -0.332 e. The third-order valence-corrected chi connectivity index (χ3v) is 8.27. The summed E-state index contributed by atoms with van der Waals surface area (Å²) in [5, 5.41) is 0. The van der Waals surface area contributed by atoms with Crippen LogP contribution in [0.15, 0.2) is 4.79 Å². The Morgan fingerprint density at radius 3 is 2.35 bits per heavy atom. The summed E-state index contributed by atoms with van der Waals surface area (Å²) < 4.78 is 0. The van der Waals surface area contributed by atoms with E-state index in [9.17, 15) is 9.59 Å². The van der Waals surface area contributed by atoms with Gasteiger partial charge in [0.1, 0.15) is 5.82 Å². The quantitative estimate of drug-likeness (QED) is 0.790. The zero-order chi connectivity index (χ0) is 21.2. The first kappa shape index (κ1) is 21.2. The molecule has 4 aliphatic rings. The highest BCUT2D eigenvalue weighted by molar-refractivity contribution is 5.79. The van der Waals surface area contributed by atoms with Crippen LogP contribution < -0.4 is 5.56 Å². The minimum absolute atomic E-state index is 0.0268. The second kappa shape index (κ2) is 9.43. The number of rotatable bonds is 3. The fraction of sp³-hybridized carbons (Fsp3) is 0.800. The first-order chi connectivity index (χ1) is 15.2. The van der Waals surface area contributed by atoms with E-state index in [2.05, 4.69) is 14.8 Å². The number of amides is 1. The van der Waals surface area contributed by atoms with E-state index in [4.69, 9.17) is 4.98 Å². The van der Waals surface area contributed by atoms with Crippen LogP contribution in [0.4, 0.5) is 0 Å². The normalized spacial score (nSPS) is 26.6. The monoisotopic (exact) mass is 426 g/mol. The van der Waals surface area contributed by atoms with Gasteiger partial charge in [-0.3, -0.25) is 14.5 Å². The van der Waals surface area contributed by atoms with Crippen LogP contribution in [0.3, 0.4) is 0 Å². The van der Waals surface area contributed by atoms with E-state index >= 15 is 0 Å². The zero-order valence-electron chi connectivity index (χ0n) is 18.9. The third kappa shape index (κ3) is 4.46. The predicted octanol–water partition coefficient (Wildman–Crippen LogP) is 4.09. The first-order valence-electron chi connectivity index (χ1n) is 12.9. The molecule has 5 rings (SSSR count). The van der Waals surface area contributed by atoms with Crippen LogP contribution in [0.25, 0.3) is 0 Å². The summed E-state index contributed by atoms with van der Waals surface area (Å²) in [5.41, 5.74) is 1.86. The summed E-state index contributed by atoms with van der Waals surface area (Å²) in [6.07, 6.45) is 16.0. The highest BCUT2D eigenvalue weighted by atomic mass is 16.2. The Morgan fingerprint density at radius 2 is 1.58 bits per heavy atom. The van der Waals surface area contributed by atoms with Crippen molar-refractivity contribution in [2.75, 3.05) is 13.1 Å². The molecule has 170 valence electrons. The lowest BCUT2D eigenvalue weighted by molar-refractivity contribution is -0.140. The van der Waals surface area contributed by atoms with Crippen LogP contribution in [0.1, 0.15) is 107 Å². The summed E-state index contributed by atoms with van der Waals surface area (Å²) >= 11 is 0. The van der Waals surface area contributed by atoms with Gasteiger partial charge in [-0.15, -0.1) is 0 Å². The molecule has 0 radical (unpaired) electrons. The Morgan fingerprint density at radius 1 is 0.871 bits per heavy atom. The Hall–Kier alpha value is -1.69. The lowest BCUT2D eigenvalue weighted by Gasteiger charge is -2.39. The number of aromatic nitrogens is 2. The number of fused-ring (bicyclic) bond motifs is 1. The van der Waals surface area contributed by atoms with Gasteiger partial charge in [0.2, 0.25) is 5.91 Å². The van der Waals surface area contributed by atoms with Gasteiger partial charge in [0.15, 0.2) is 0 Å². The van der Waals surface area contributed by atoms with Crippen molar-refractivity contribution >= 4 is 5.91 Å². The van der Waals surface area contributed by atoms with Crippen LogP contribution in [-0.2, 0) is 17.8 Å². The van der Waals surface area contributed by atoms with E-state index < -0.39 is 0 Å². The number of aromatic amines is 1. The maximum Gasteiger partial charge on any atom is 0.254 e. The van der Waals surface area contributed by atoms with Crippen molar-refractivity contribution in [1.29, 1.82) is 0 Å². The van der Waals surface area contributed by atoms with Crippen molar-refractivity contribution in [3.8, 4) is 0 Å². The summed E-state index contributed by atoms with van der Waals surface area (Å²) in [6.45, 7) is 2.56. The molecular weight excluding hydrogens is 388 g/mol. The molecule has 0 bridgehead atoms. The van der Waals surface area contributed by atoms with E-state index in [0.717, 1.165) is 75.2 Å². The Balaban J connectivity index is 1.38. The van der Waals surface area contributed by atoms with Gasteiger partial charge in [-0.1, -0.05) is 38.5 Å². The number of H-pyrrole nitrogens is 1. The van der Waals surface area contributed by atoms with Gasteiger partial charge in [0.05, 0.1) is 11.7 Å². The number of hydrogen-bond donors (Lipinski definition) is 1. The number of likely N-dealkylation sites (tertiary alicyclic amines) is 1. The smallest absolute Gasteiger partial charge is 0.254 e. The molecule has 6 heteroatoms. The van der Waals surface area contributed by atoms with Gasteiger partial charge in [-0.25, -0.2) is 4.98 Å². The number of carbonyl (C=O) groups excluding carboxylic acids is 1. The molecule has 1 N–H and O–H groups in total. The van der Waals surface area contributed by atoms with Crippen molar-refractivity contribution in [2.45, 2.75) is 109 Å². The highest BCUT2D eigenvalue weighted by Gasteiger charge is 2.35. The lowest BCUT2D eigenvalue weighted by atomic mass is 9.87. The van der Waals surface area contributed by atoms with Gasteiger partial charge in [-0.2, -0.15) is 0 Å². The summed E-state index contributed by atoms with van der Waals surface area (Å²) in [7, 11) is 0. The Labute approximate surface area is 185 Å². The topological polar surface area (TPSA) is 69.3 Å². The molecule has 0 spiro atoms. The molecule has 1 aromatic rings. The zero-order valence-corrected chi connectivity index (χ0v) is 18.9. The fourth-order valence-corrected chi connectivity index (χ4v) is 6.46. The van der Waals surface area contributed by atoms with Crippen molar-refractivity contribution < 1.29 is 4.79 Å². The fourth-order valence-electron chi connectivity index (χ4n) is 6.46. The van der Waals surface area contributed by atoms with Gasteiger partial charge >= 0.3 is 0 Å². The molecule has 1 aromatic heterocycles. The Kier molecular flexibility index (Phi) is 6.44. The molecule has 2 saturated carbocycles. The molecule has 1 saturated heterocycles. The van der Waals surface area contributed by atoms with Gasteiger partial charge < -0.3 is 9.88 Å². The number of hydrogen-bond acceptors (Lipinski definition) is 4. The SMILES string of the molecule is O=C(C1CCCCC1)N1CCCCC1c1nc2c(c(=O)[nH]1)CCN(C1CCCCC1)C2. The number of carbonyl (C=O) groups is 1. The highest BCUT2D eigenvalue weighted by Crippen LogP contribution is 2.34. The van der Waals surface area contributed by atoms with Crippen molar-refractivity contribution in [1.82, 2.24) is 19.8 Å². The second-order valence-corrected chi connectivity index (χ2v) is 10.3. The predicted molar refractivity (Wildman–Crippen MR) is 121 cm³/mol. The number of nitrogens with zero attached hydrogens (tertiary/aromatic N) is 3. The molecule has 2 aliphatic carbocycles. The molecule has 1 unspecified atom stereocenters. The maximum atomic E-state index is 13.4. The summed E-state index contributed by atoms with van der Waals surface area (Å²) in [4.78, 5) is 39.1. The molecule has 6 nitrogen and oxygen atoms in total. The van der Waals surface area contributed by atoms with E-state index in [1.807, 2.05) is 0 Å². The van der Waals surface area contributed by atoms with Crippen LogP contribution in [0, 0.1) is 5.92 Å². The minimum atomic E-state index is -0.0637. The van der Waals surface area contributed by atoms with Crippen LogP contribution in [0.2, 0.25) is 0 Å². The van der Waals surface area contributed by atoms with Crippen LogP contribution >= 0.6 is 0 Å². The molecule has 1 amide bonds. The maximum absolute atomic E-state index is 13.4. The third-order valence-electron chi connectivity index (χ3n) is 8.27. The molecule has 3 heterocycles. The number of nitrogens with one attached hydrogen (secondary N) is 1. The average Bonchev–Trinajstić information content (AvgIpc) is 2.84. The van der Waals surface area contributed by atoms with Crippen LogP contribution in [-0.4, -0.2) is 44.8 Å².